The van der Waals surface area contributed by atoms with E-state index in [-0.39, 0.29) is 36.6 Å². The molecule has 0 spiro atoms. The van der Waals surface area contributed by atoms with Crippen molar-refractivity contribution in [2.75, 3.05) is 6.54 Å². The van der Waals surface area contributed by atoms with E-state index in [1.54, 1.807) is 12.1 Å². The Bertz CT molecular complexity index is 648. The van der Waals surface area contributed by atoms with Gasteiger partial charge in [-0.25, -0.2) is 0 Å². The number of carbonyl (C=O) groups excluding carboxylic acids is 2. The highest BCUT2D eigenvalue weighted by Crippen LogP contribution is 2.13. The van der Waals surface area contributed by atoms with Gasteiger partial charge in [0.05, 0.1) is 12.4 Å². The number of carbonyl (C=O) groups is 2. The average molecular weight is 330 g/mol. The van der Waals surface area contributed by atoms with Crippen molar-refractivity contribution < 1.29 is 18.7 Å². The van der Waals surface area contributed by atoms with Crippen LogP contribution in [0.3, 0.4) is 0 Å². The first kappa shape index (κ1) is 17.6. The van der Waals surface area contributed by atoms with E-state index < -0.39 is 0 Å². The summed E-state index contributed by atoms with van der Waals surface area (Å²) >= 11 is 0. The highest BCUT2D eigenvalue weighted by Gasteiger charge is 2.08. The first-order valence-electron chi connectivity index (χ1n) is 7.88. The Labute approximate surface area is 141 Å². The van der Waals surface area contributed by atoms with Crippen LogP contribution < -0.4 is 15.4 Å². The van der Waals surface area contributed by atoms with Crippen molar-refractivity contribution in [3.05, 3.63) is 54.0 Å². The van der Waals surface area contributed by atoms with Crippen molar-refractivity contribution in [1.82, 2.24) is 10.6 Å². The number of hydrogen-bond acceptors (Lipinski definition) is 4. The predicted octanol–water partition coefficient (Wildman–Crippen LogP) is 2.50. The molecule has 1 heterocycles. The molecule has 2 N–H and O–H groups in total. The molecule has 6 heteroatoms. The van der Waals surface area contributed by atoms with E-state index in [0.717, 1.165) is 11.3 Å². The molecule has 0 bridgehead atoms. The van der Waals surface area contributed by atoms with Gasteiger partial charge in [-0.3, -0.25) is 9.59 Å². The molecule has 6 nitrogen and oxygen atoms in total. The van der Waals surface area contributed by atoms with Crippen LogP contribution in [0.4, 0.5) is 0 Å². The second-order valence-electron chi connectivity index (χ2n) is 5.57. The largest absolute Gasteiger partial charge is 0.491 e. The molecule has 2 rings (SSSR count). The summed E-state index contributed by atoms with van der Waals surface area (Å²) in [6.07, 6.45) is 1.77. The third-order valence-corrected chi connectivity index (χ3v) is 3.17. The molecule has 2 amide bonds. The minimum Gasteiger partial charge on any atom is -0.491 e. The molecule has 0 radical (unpaired) electrons. The predicted molar refractivity (Wildman–Crippen MR) is 89.7 cm³/mol. The summed E-state index contributed by atoms with van der Waals surface area (Å²) in [5, 5.41) is 5.44. The molecule has 2 aromatic rings. The third-order valence-electron chi connectivity index (χ3n) is 3.17. The van der Waals surface area contributed by atoms with Gasteiger partial charge >= 0.3 is 0 Å². The van der Waals surface area contributed by atoms with Crippen LogP contribution in [0.15, 0.2) is 47.1 Å². The zero-order valence-electron chi connectivity index (χ0n) is 13.9. The van der Waals surface area contributed by atoms with Crippen molar-refractivity contribution in [2.24, 2.45) is 0 Å². The lowest BCUT2D eigenvalue weighted by Gasteiger charge is -2.10. The van der Waals surface area contributed by atoms with Gasteiger partial charge < -0.3 is 19.8 Å². The topological polar surface area (TPSA) is 80.6 Å². The van der Waals surface area contributed by atoms with E-state index in [1.807, 2.05) is 38.1 Å². The molecule has 0 saturated carbocycles. The van der Waals surface area contributed by atoms with Crippen molar-refractivity contribution in [3.8, 4) is 5.75 Å². The van der Waals surface area contributed by atoms with Gasteiger partial charge in [0.2, 0.25) is 5.91 Å². The highest BCUT2D eigenvalue weighted by atomic mass is 16.5. The van der Waals surface area contributed by atoms with E-state index in [2.05, 4.69) is 10.6 Å². The monoisotopic (exact) mass is 330 g/mol. The Morgan fingerprint density at radius 1 is 1.12 bits per heavy atom. The van der Waals surface area contributed by atoms with E-state index in [0.29, 0.717) is 6.54 Å². The van der Waals surface area contributed by atoms with Crippen LogP contribution in [-0.4, -0.2) is 24.5 Å². The van der Waals surface area contributed by atoms with Gasteiger partial charge in [-0.2, -0.15) is 0 Å². The van der Waals surface area contributed by atoms with Gasteiger partial charge in [-0.05, 0) is 43.7 Å². The fourth-order valence-electron chi connectivity index (χ4n) is 2.03. The lowest BCUT2D eigenvalue weighted by molar-refractivity contribution is -0.121. The summed E-state index contributed by atoms with van der Waals surface area (Å²) in [4.78, 5) is 23.4. The number of hydrogen-bond donors (Lipinski definition) is 2. The molecule has 0 atom stereocenters. The molecule has 0 saturated heterocycles. The number of nitrogens with one attached hydrogen (secondary N) is 2. The minimum absolute atomic E-state index is 0.128. The van der Waals surface area contributed by atoms with Crippen LogP contribution in [0.25, 0.3) is 0 Å². The maximum atomic E-state index is 11.8. The van der Waals surface area contributed by atoms with Crippen LogP contribution in [0.2, 0.25) is 0 Å². The normalized spacial score (nSPS) is 10.5. The number of furan rings is 1. The maximum absolute atomic E-state index is 11.8. The molecule has 0 aliphatic rings. The summed E-state index contributed by atoms with van der Waals surface area (Å²) < 4.78 is 10.5. The molecule has 1 aromatic heterocycles. The molecular formula is C18H22N2O4. The van der Waals surface area contributed by atoms with Crippen LogP contribution in [-0.2, 0) is 11.3 Å². The molecule has 0 fully saturated rings. The third kappa shape index (κ3) is 5.79. The quantitative estimate of drug-likeness (QED) is 0.779. The number of ether oxygens (including phenoxy) is 1. The van der Waals surface area contributed by atoms with Crippen molar-refractivity contribution in [3.63, 3.8) is 0 Å². The van der Waals surface area contributed by atoms with E-state index in [1.165, 1.54) is 6.26 Å². The van der Waals surface area contributed by atoms with Crippen molar-refractivity contribution in [1.29, 1.82) is 0 Å². The van der Waals surface area contributed by atoms with Crippen LogP contribution in [0.1, 0.15) is 36.4 Å². The number of benzene rings is 1. The van der Waals surface area contributed by atoms with Gasteiger partial charge in [-0.15, -0.1) is 0 Å². The van der Waals surface area contributed by atoms with Crippen LogP contribution in [0.5, 0.6) is 5.75 Å². The minimum atomic E-state index is -0.325. The van der Waals surface area contributed by atoms with E-state index in [4.69, 9.17) is 9.15 Å². The molecular weight excluding hydrogens is 308 g/mol. The first-order valence-corrected chi connectivity index (χ1v) is 7.88. The Morgan fingerprint density at radius 2 is 1.88 bits per heavy atom. The molecule has 0 unspecified atom stereocenters. The number of rotatable bonds is 8. The summed E-state index contributed by atoms with van der Waals surface area (Å²) in [6.45, 7) is 4.64. The fourth-order valence-corrected chi connectivity index (χ4v) is 2.03. The maximum Gasteiger partial charge on any atom is 0.286 e. The van der Waals surface area contributed by atoms with Gasteiger partial charge in [0.1, 0.15) is 5.75 Å². The molecule has 1 aromatic carbocycles. The van der Waals surface area contributed by atoms with Crippen LogP contribution >= 0.6 is 0 Å². The van der Waals surface area contributed by atoms with E-state index in [9.17, 15) is 9.59 Å². The fraction of sp³-hybridized carbons (Fsp3) is 0.333. The summed E-state index contributed by atoms with van der Waals surface area (Å²) in [5.74, 6) is 0.589. The second kappa shape index (κ2) is 8.76. The highest BCUT2D eigenvalue weighted by molar-refractivity contribution is 5.91. The zero-order chi connectivity index (χ0) is 17.4. The summed E-state index contributed by atoms with van der Waals surface area (Å²) in [6, 6.07) is 10.8. The van der Waals surface area contributed by atoms with Crippen molar-refractivity contribution in [2.45, 2.75) is 32.9 Å². The first-order chi connectivity index (χ1) is 11.5. The lowest BCUT2D eigenvalue weighted by atomic mass is 10.2. The Hall–Kier alpha value is -2.76. The Balaban J connectivity index is 1.66. The standard InChI is InChI=1S/C18H22N2O4/c1-13(2)24-15-7-5-14(6-8-15)12-20-17(21)9-10-19-18(22)16-4-3-11-23-16/h3-8,11,13H,9-10,12H2,1-2H3,(H,19,22)(H,20,21). The van der Waals surface area contributed by atoms with Gasteiger partial charge in [0.15, 0.2) is 5.76 Å². The Morgan fingerprint density at radius 3 is 2.50 bits per heavy atom. The smallest absolute Gasteiger partial charge is 0.286 e. The molecule has 0 aliphatic heterocycles. The Kier molecular flexibility index (Phi) is 6.42. The van der Waals surface area contributed by atoms with E-state index >= 15 is 0 Å². The average Bonchev–Trinajstić information content (AvgIpc) is 3.08. The number of amides is 2. The summed E-state index contributed by atoms with van der Waals surface area (Å²) in [7, 11) is 0. The SMILES string of the molecule is CC(C)Oc1ccc(CNC(=O)CCNC(=O)c2ccco2)cc1. The molecule has 0 aliphatic carbocycles. The van der Waals surface area contributed by atoms with Gasteiger partial charge in [0.25, 0.3) is 5.91 Å². The summed E-state index contributed by atoms with van der Waals surface area (Å²) in [5.41, 5.74) is 0.985. The van der Waals surface area contributed by atoms with Crippen LogP contribution in [0, 0.1) is 0 Å². The van der Waals surface area contributed by atoms with Gasteiger partial charge in [0, 0.05) is 19.5 Å². The van der Waals surface area contributed by atoms with Gasteiger partial charge in [-0.1, -0.05) is 12.1 Å². The lowest BCUT2D eigenvalue weighted by Crippen LogP contribution is -2.30. The zero-order valence-corrected chi connectivity index (χ0v) is 13.9. The van der Waals surface area contributed by atoms with Crippen molar-refractivity contribution >= 4 is 11.8 Å². The molecule has 24 heavy (non-hydrogen) atoms. The second-order valence-corrected chi connectivity index (χ2v) is 5.57. The molecule has 128 valence electrons.